The maximum atomic E-state index is 14.1. The molecule has 0 unspecified atom stereocenters. The van der Waals surface area contributed by atoms with E-state index in [-0.39, 0.29) is 29.1 Å². The summed E-state index contributed by atoms with van der Waals surface area (Å²) in [5.41, 5.74) is 5.54. The van der Waals surface area contributed by atoms with Gasteiger partial charge in [-0.3, -0.25) is 9.59 Å². The Balaban J connectivity index is 2.41. The molecule has 23 heavy (non-hydrogen) atoms. The van der Waals surface area contributed by atoms with Crippen LogP contribution in [0.5, 0.6) is 0 Å². The van der Waals surface area contributed by atoms with E-state index in [2.05, 4.69) is 17.2 Å². The monoisotopic (exact) mass is 315 g/mol. The Morgan fingerprint density at radius 3 is 2.74 bits per heavy atom. The third-order valence-electron chi connectivity index (χ3n) is 3.04. The topological polar surface area (TPSA) is 97.3 Å². The minimum Gasteiger partial charge on any atom is -0.384 e. The number of carbonyl (C=O) groups is 1. The molecule has 0 atom stereocenters. The number of aliphatic hydroxyl groups is 1. The van der Waals surface area contributed by atoms with Crippen molar-refractivity contribution in [3.63, 3.8) is 0 Å². The Hall–Kier alpha value is -3.11. The molecule has 1 aromatic carbocycles. The summed E-state index contributed by atoms with van der Waals surface area (Å²) in [4.78, 5) is 23.2. The zero-order valence-electron chi connectivity index (χ0n) is 12.3. The predicted octanol–water partition coefficient (Wildman–Crippen LogP) is 0.711. The van der Waals surface area contributed by atoms with Gasteiger partial charge in [-0.15, -0.1) is 0 Å². The normalized spacial score (nSPS) is 9.87. The third-order valence-corrected chi connectivity index (χ3v) is 3.04. The molecule has 0 saturated carbocycles. The van der Waals surface area contributed by atoms with Gasteiger partial charge < -0.3 is 20.7 Å². The zero-order chi connectivity index (χ0) is 17.0. The number of aryl methyl sites for hydroxylation is 1. The van der Waals surface area contributed by atoms with Crippen molar-refractivity contribution in [2.75, 3.05) is 11.9 Å². The average Bonchev–Trinajstić information content (AvgIpc) is 2.50. The first kappa shape index (κ1) is 16.3. The molecular formula is C16H14FN3O3. The van der Waals surface area contributed by atoms with E-state index >= 15 is 0 Å². The van der Waals surface area contributed by atoms with Gasteiger partial charge in [0.05, 0.1) is 16.9 Å². The minimum atomic E-state index is -0.742. The first-order chi connectivity index (χ1) is 10.9. The number of rotatable bonds is 3. The fourth-order valence-corrected chi connectivity index (χ4v) is 1.91. The molecule has 0 bridgehead atoms. The minimum absolute atomic E-state index is 0.0651. The molecule has 0 aliphatic rings. The van der Waals surface area contributed by atoms with Crippen molar-refractivity contribution in [1.82, 2.24) is 4.57 Å². The summed E-state index contributed by atoms with van der Waals surface area (Å²) in [5, 5.41) is 11.3. The molecule has 2 rings (SSSR count). The molecule has 1 aromatic heterocycles. The maximum absolute atomic E-state index is 14.1. The summed E-state index contributed by atoms with van der Waals surface area (Å²) >= 11 is 0. The second kappa shape index (κ2) is 6.77. The largest absolute Gasteiger partial charge is 0.384 e. The number of amides is 1. The van der Waals surface area contributed by atoms with Crippen molar-refractivity contribution in [3.8, 4) is 11.8 Å². The number of nitrogens with two attached hydrogens (primary N) is 1. The third kappa shape index (κ3) is 3.75. The highest BCUT2D eigenvalue weighted by molar-refractivity contribution is 5.98. The fourth-order valence-electron chi connectivity index (χ4n) is 1.91. The van der Waals surface area contributed by atoms with Crippen LogP contribution in [0.2, 0.25) is 0 Å². The SMILES string of the molecule is Cn1cc(C(N)=O)c(Nc2ccc(C#CCO)cc2F)cc1=O. The zero-order valence-corrected chi connectivity index (χ0v) is 12.3. The molecule has 0 radical (unpaired) electrons. The van der Waals surface area contributed by atoms with Gasteiger partial charge in [0.25, 0.3) is 11.5 Å². The summed E-state index contributed by atoms with van der Waals surface area (Å²) in [5.74, 6) is 3.63. The van der Waals surface area contributed by atoms with Gasteiger partial charge in [-0.2, -0.15) is 0 Å². The van der Waals surface area contributed by atoms with E-state index in [4.69, 9.17) is 10.8 Å². The Morgan fingerprint density at radius 1 is 1.39 bits per heavy atom. The second-order valence-electron chi connectivity index (χ2n) is 4.69. The molecule has 1 amide bonds. The number of aromatic nitrogens is 1. The van der Waals surface area contributed by atoms with Gasteiger partial charge in [0.2, 0.25) is 0 Å². The molecule has 0 aliphatic heterocycles. The van der Waals surface area contributed by atoms with Crippen LogP contribution >= 0.6 is 0 Å². The quantitative estimate of drug-likeness (QED) is 0.727. The van der Waals surface area contributed by atoms with E-state index < -0.39 is 11.7 Å². The van der Waals surface area contributed by atoms with Crippen LogP contribution in [-0.4, -0.2) is 22.2 Å². The van der Waals surface area contributed by atoms with E-state index in [1.807, 2.05) is 0 Å². The first-order valence-electron chi connectivity index (χ1n) is 6.59. The second-order valence-corrected chi connectivity index (χ2v) is 4.69. The number of pyridine rings is 1. The number of halogens is 1. The van der Waals surface area contributed by atoms with Crippen LogP contribution in [-0.2, 0) is 7.05 Å². The number of benzene rings is 1. The van der Waals surface area contributed by atoms with Gasteiger partial charge in [-0.1, -0.05) is 11.8 Å². The van der Waals surface area contributed by atoms with Crippen molar-refractivity contribution in [1.29, 1.82) is 0 Å². The predicted molar refractivity (Wildman–Crippen MR) is 83.8 cm³/mol. The van der Waals surface area contributed by atoms with Crippen LogP contribution in [0, 0.1) is 17.7 Å². The number of aliphatic hydroxyl groups excluding tert-OH is 1. The van der Waals surface area contributed by atoms with Crippen molar-refractivity contribution in [2.45, 2.75) is 0 Å². The van der Waals surface area contributed by atoms with E-state index in [9.17, 15) is 14.0 Å². The smallest absolute Gasteiger partial charge is 0.252 e. The Labute approximate surface area is 131 Å². The number of nitrogens with zero attached hydrogens (tertiary/aromatic N) is 1. The summed E-state index contributed by atoms with van der Waals surface area (Å²) in [6.07, 6.45) is 1.28. The summed E-state index contributed by atoms with van der Waals surface area (Å²) in [7, 11) is 1.48. The fraction of sp³-hybridized carbons (Fsp3) is 0.125. The van der Waals surface area contributed by atoms with E-state index in [1.165, 1.54) is 36.0 Å². The lowest BCUT2D eigenvalue weighted by Gasteiger charge is -2.12. The lowest BCUT2D eigenvalue weighted by atomic mass is 10.1. The highest BCUT2D eigenvalue weighted by Crippen LogP contribution is 2.22. The van der Waals surface area contributed by atoms with E-state index in [0.717, 1.165) is 0 Å². The number of nitrogens with one attached hydrogen (secondary N) is 1. The number of hydrogen-bond acceptors (Lipinski definition) is 4. The van der Waals surface area contributed by atoms with Crippen LogP contribution in [0.15, 0.2) is 35.3 Å². The molecular weight excluding hydrogens is 301 g/mol. The van der Waals surface area contributed by atoms with Gasteiger partial charge in [-0.05, 0) is 18.2 Å². The molecule has 0 saturated heterocycles. The van der Waals surface area contributed by atoms with Crippen LogP contribution < -0.4 is 16.6 Å². The average molecular weight is 315 g/mol. The van der Waals surface area contributed by atoms with Crippen molar-refractivity contribution in [2.24, 2.45) is 12.8 Å². The Bertz CT molecular complexity index is 878. The maximum Gasteiger partial charge on any atom is 0.252 e. The highest BCUT2D eigenvalue weighted by atomic mass is 19.1. The standard InChI is InChI=1S/C16H14FN3O3/c1-20-9-11(16(18)23)14(8-15(20)22)19-13-5-4-10(3-2-6-21)7-12(13)17/h4-5,7-9,19,21H,6H2,1H3,(H2,18,23). The summed E-state index contributed by atoms with van der Waals surface area (Å²) in [6.45, 7) is -0.323. The number of primary amides is 1. The summed E-state index contributed by atoms with van der Waals surface area (Å²) in [6, 6.07) is 5.30. The lowest BCUT2D eigenvalue weighted by molar-refractivity contribution is 0.100. The van der Waals surface area contributed by atoms with Crippen LogP contribution in [0.4, 0.5) is 15.8 Å². The molecule has 0 spiro atoms. The Kier molecular flexibility index (Phi) is 4.79. The molecule has 1 heterocycles. The summed E-state index contributed by atoms with van der Waals surface area (Å²) < 4.78 is 15.3. The van der Waals surface area contributed by atoms with E-state index in [0.29, 0.717) is 5.56 Å². The van der Waals surface area contributed by atoms with Crippen molar-refractivity contribution >= 4 is 17.3 Å². The molecule has 0 aliphatic carbocycles. The van der Waals surface area contributed by atoms with Crippen molar-refractivity contribution in [3.05, 3.63) is 57.8 Å². The van der Waals surface area contributed by atoms with Gasteiger partial charge in [0.1, 0.15) is 12.4 Å². The Morgan fingerprint density at radius 2 is 2.13 bits per heavy atom. The van der Waals surface area contributed by atoms with Crippen LogP contribution in [0.25, 0.3) is 0 Å². The molecule has 118 valence electrons. The molecule has 4 N–H and O–H groups in total. The first-order valence-corrected chi connectivity index (χ1v) is 6.59. The van der Waals surface area contributed by atoms with Crippen molar-refractivity contribution < 1.29 is 14.3 Å². The van der Waals surface area contributed by atoms with E-state index in [1.54, 1.807) is 6.07 Å². The van der Waals surface area contributed by atoms with Gasteiger partial charge in [0.15, 0.2) is 0 Å². The van der Waals surface area contributed by atoms with Gasteiger partial charge in [0, 0.05) is 24.9 Å². The number of carbonyl (C=O) groups excluding carboxylic acids is 1. The van der Waals surface area contributed by atoms with Gasteiger partial charge >= 0.3 is 0 Å². The molecule has 2 aromatic rings. The number of anilines is 2. The highest BCUT2D eigenvalue weighted by Gasteiger charge is 2.12. The molecule has 7 heteroatoms. The molecule has 6 nitrogen and oxygen atoms in total. The van der Waals surface area contributed by atoms with Crippen LogP contribution in [0.1, 0.15) is 15.9 Å². The van der Waals surface area contributed by atoms with Gasteiger partial charge in [-0.25, -0.2) is 4.39 Å². The molecule has 0 fully saturated rings. The number of hydrogen-bond donors (Lipinski definition) is 3. The lowest BCUT2D eigenvalue weighted by Crippen LogP contribution is -2.22. The van der Waals surface area contributed by atoms with Crippen LogP contribution in [0.3, 0.4) is 0 Å².